The van der Waals surface area contributed by atoms with Crippen LogP contribution < -0.4 is 5.32 Å². The second kappa shape index (κ2) is 3.52. The van der Waals surface area contributed by atoms with Crippen molar-refractivity contribution in [2.45, 2.75) is 40.5 Å². The average molecular weight is 195 g/mol. The number of fused-ring (bicyclic) bond motifs is 1. The first-order valence-corrected chi connectivity index (χ1v) is 6.21. The molecule has 2 rings (SSSR count). The Morgan fingerprint density at radius 1 is 1.07 bits per heavy atom. The second-order valence-corrected chi connectivity index (χ2v) is 6.53. The number of hydrogen-bond donors (Lipinski definition) is 1. The molecule has 14 heavy (non-hydrogen) atoms. The average Bonchev–Trinajstić information content (AvgIpc) is 2.48. The molecule has 1 aliphatic carbocycles. The third kappa shape index (κ3) is 1.71. The van der Waals surface area contributed by atoms with Crippen LogP contribution in [0, 0.1) is 29.1 Å². The largest absolute Gasteiger partial charge is 0.316 e. The molecule has 0 amide bonds. The SMILES string of the molecule is CC1CCC2CNCC2C1C(C)(C)C. The van der Waals surface area contributed by atoms with Gasteiger partial charge in [0.2, 0.25) is 0 Å². The molecule has 1 N–H and O–H groups in total. The molecule has 0 radical (unpaired) electrons. The van der Waals surface area contributed by atoms with E-state index in [9.17, 15) is 0 Å². The highest BCUT2D eigenvalue weighted by Gasteiger charge is 2.44. The zero-order valence-corrected chi connectivity index (χ0v) is 10.1. The molecule has 0 aromatic rings. The lowest BCUT2D eigenvalue weighted by molar-refractivity contribution is 0.0401. The topological polar surface area (TPSA) is 12.0 Å². The summed E-state index contributed by atoms with van der Waals surface area (Å²) >= 11 is 0. The summed E-state index contributed by atoms with van der Waals surface area (Å²) in [6.45, 7) is 12.3. The normalized spacial score (nSPS) is 43.7. The number of nitrogens with one attached hydrogen (secondary N) is 1. The van der Waals surface area contributed by atoms with Crippen molar-refractivity contribution in [3.63, 3.8) is 0 Å². The first kappa shape index (κ1) is 10.5. The van der Waals surface area contributed by atoms with Gasteiger partial charge in [0, 0.05) is 0 Å². The van der Waals surface area contributed by atoms with Gasteiger partial charge in [-0.25, -0.2) is 0 Å². The van der Waals surface area contributed by atoms with Crippen LogP contribution in [0.3, 0.4) is 0 Å². The predicted molar refractivity (Wildman–Crippen MR) is 61.2 cm³/mol. The van der Waals surface area contributed by atoms with Gasteiger partial charge in [-0.3, -0.25) is 0 Å². The van der Waals surface area contributed by atoms with Crippen molar-refractivity contribution in [1.82, 2.24) is 5.32 Å². The molecule has 1 saturated carbocycles. The molecule has 1 heterocycles. The van der Waals surface area contributed by atoms with Gasteiger partial charge in [-0.15, -0.1) is 0 Å². The lowest BCUT2D eigenvalue weighted by Crippen LogP contribution is -2.40. The Morgan fingerprint density at radius 2 is 1.79 bits per heavy atom. The van der Waals surface area contributed by atoms with Crippen LogP contribution in [-0.2, 0) is 0 Å². The second-order valence-electron chi connectivity index (χ2n) is 6.53. The van der Waals surface area contributed by atoms with Gasteiger partial charge in [-0.1, -0.05) is 34.1 Å². The lowest BCUT2D eigenvalue weighted by Gasteiger charge is -2.45. The van der Waals surface area contributed by atoms with Crippen molar-refractivity contribution < 1.29 is 0 Å². The van der Waals surface area contributed by atoms with Crippen LogP contribution in [0.25, 0.3) is 0 Å². The molecule has 0 aromatic heterocycles. The summed E-state index contributed by atoms with van der Waals surface area (Å²) in [5, 5.41) is 3.59. The van der Waals surface area contributed by atoms with Gasteiger partial charge < -0.3 is 5.32 Å². The van der Waals surface area contributed by atoms with Gasteiger partial charge in [-0.05, 0) is 48.6 Å². The minimum absolute atomic E-state index is 0.495. The van der Waals surface area contributed by atoms with E-state index in [1.807, 2.05) is 0 Å². The molecular formula is C13H25N. The number of hydrogen-bond acceptors (Lipinski definition) is 1. The Hall–Kier alpha value is -0.0400. The monoisotopic (exact) mass is 195 g/mol. The van der Waals surface area contributed by atoms with Gasteiger partial charge >= 0.3 is 0 Å². The molecule has 1 nitrogen and oxygen atoms in total. The Balaban J connectivity index is 2.18. The Kier molecular flexibility index (Phi) is 2.63. The van der Waals surface area contributed by atoms with Crippen LogP contribution in [0.4, 0.5) is 0 Å². The van der Waals surface area contributed by atoms with Gasteiger partial charge in [-0.2, -0.15) is 0 Å². The van der Waals surface area contributed by atoms with E-state index in [1.165, 1.54) is 25.9 Å². The van der Waals surface area contributed by atoms with Crippen molar-refractivity contribution in [3.05, 3.63) is 0 Å². The molecule has 0 spiro atoms. The first-order chi connectivity index (χ1) is 6.50. The summed E-state index contributed by atoms with van der Waals surface area (Å²) in [7, 11) is 0. The standard InChI is InChI=1S/C13H25N/c1-9-5-6-10-7-14-8-11(10)12(9)13(2,3)4/h9-12,14H,5-8H2,1-4H3. The fraction of sp³-hybridized carbons (Fsp3) is 1.00. The van der Waals surface area contributed by atoms with Gasteiger partial charge in [0.15, 0.2) is 0 Å². The van der Waals surface area contributed by atoms with E-state index in [2.05, 4.69) is 33.0 Å². The first-order valence-electron chi connectivity index (χ1n) is 6.21. The van der Waals surface area contributed by atoms with Crippen molar-refractivity contribution >= 4 is 0 Å². The van der Waals surface area contributed by atoms with Crippen molar-refractivity contribution in [3.8, 4) is 0 Å². The summed E-state index contributed by atoms with van der Waals surface area (Å²) in [5.74, 6) is 3.79. The molecule has 0 bridgehead atoms. The fourth-order valence-corrected chi connectivity index (χ4v) is 4.06. The van der Waals surface area contributed by atoms with E-state index in [4.69, 9.17) is 0 Å². The van der Waals surface area contributed by atoms with Crippen LogP contribution >= 0.6 is 0 Å². The fourth-order valence-electron chi connectivity index (χ4n) is 4.06. The minimum atomic E-state index is 0.495. The highest BCUT2D eigenvalue weighted by molar-refractivity contribution is 4.96. The lowest BCUT2D eigenvalue weighted by atomic mass is 9.59. The van der Waals surface area contributed by atoms with E-state index in [1.54, 1.807) is 0 Å². The number of rotatable bonds is 0. The van der Waals surface area contributed by atoms with E-state index in [-0.39, 0.29) is 0 Å². The molecule has 4 atom stereocenters. The molecule has 1 saturated heterocycles. The van der Waals surface area contributed by atoms with Crippen molar-refractivity contribution in [2.75, 3.05) is 13.1 Å². The van der Waals surface area contributed by atoms with Crippen molar-refractivity contribution in [1.29, 1.82) is 0 Å². The van der Waals surface area contributed by atoms with Crippen LogP contribution in [-0.4, -0.2) is 13.1 Å². The van der Waals surface area contributed by atoms with E-state index < -0.39 is 0 Å². The maximum atomic E-state index is 3.59. The van der Waals surface area contributed by atoms with Gasteiger partial charge in [0.05, 0.1) is 0 Å². The van der Waals surface area contributed by atoms with Crippen LogP contribution in [0.2, 0.25) is 0 Å². The molecular weight excluding hydrogens is 170 g/mol. The molecule has 2 aliphatic rings. The van der Waals surface area contributed by atoms with Crippen molar-refractivity contribution in [2.24, 2.45) is 29.1 Å². The molecule has 1 heteroatoms. The highest BCUT2D eigenvalue weighted by atomic mass is 14.9. The highest BCUT2D eigenvalue weighted by Crippen LogP contribution is 2.48. The van der Waals surface area contributed by atoms with Gasteiger partial charge in [0.25, 0.3) is 0 Å². The third-order valence-corrected chi connectivity index (χ3v) is 4.46. The predicted octanol–water partition coefficient (Wildman–Crippen LogP) is 2.91. The zero-order valence-electron chi connectivity index (χ0n) is 10.1. The Bertz CT molecular complexity index is 204. The van der Waals surface area contributed by atoms with E-state index in [0.717, 1.165) is 23.7 Å². The van der Waals surface area contributed by atoms with E-state index >= 15 is 0 Å². The zero-order chi connectivity index (χ0) is 10.3. The maximum absolute atomic E-state index is 3.59. The molecule has 0 aromatic carbocycles. The quantitative estimate of drug-likeness (QED) is 0.626. The third-order valence-electron chi connectivity index (χ3n) is 4.46. The van der Waals surface area contributed by atoms with Crippen LogP contribution in [0.5, 0.6) is 0 Å². The van der Waals surface area contributed by atoms with Crippen LogP contribution in [0.15, 0.2) is 0 Å². The molecule has 1 aliphatic heterocycles. The van der Waals surface area contributed by atoms with E-state index in [0.29, 0.717) is 5.41 Å². The smallest absolute Gasteiger partial charge is 0.00143 e. The maximum Gasteiger partial charge on any atom is -0.00143 e. The summed E-state index contributed by atoms with van der Waals surface area (Å²) in [5.41, 5.74) is 0.495. The minimum Gasteiger partial charge on any atom is -0.316 e. The summed E-state index contributed by atoms with van der Waals surface area (Å²) < 4.78 is 0. The molecule has 4 unspecified atom stereocenters. The summed E-state index contributed by atoms with van der Waals surface area (Å²) in [6.07, 6.45) is 2.91. The molecule has 82 valence electrons. The van der Waals surface area contributed by atoms with Gasteiger partial charge in [0.1, 0.15) is 0 Å². The Morgan fingerprint density at radius 3 is 2.43 bits per heavy atom. The molecule has 2 fully saturated rings. The Labute approximate surface area is 88.7 Å². The summed E-state index contributed by atoms with van der Waals surface area (Å²) in [6, 6.07) is 0. The summed E-state index contributed by atoms with van der Waals surface area (Å²) in [4.78, 5) is 0. The van der Waals surface area contributed by atoms with Crippen LogP contribution in [0.1, 0.15) is 40.5 Å².